The summed E-state index contributed by atoms with van der Waals surface area (Å²) >= 11 is 1.77. The van der Waals surface area contributed by atoms with Crippen LogP contribution >= 0.6 is 35.3 Å². The van der Waals surface area contributed by atoms with Gasteiger partial charge in [-0.2, -0.15) is 0 Å². The van der Waals surface area contributed by atoms with Crippen LogP contribution in [0.2, 0.25) is 0 Å². The number of aliphatic imine (C=N–C) groups is 1. The number of likely N-dealkylation sites (N-methyl/N-ethyl adjacent to an activating group) is 1. The summed E-state index contributed by atoms with van der Waals surface area (Å²) in [4.78, 5) is 8.18. The van der Waals surface area contributed by atoms with Gasteiger partial charge in [0.2, 0.25) is 0 Å². The molecule has 4 nitrogen and oxygen atoms in total. The van der Waals surface area contributed by atoms with Gasteiger partial charge in [-0.3, -0.25) is 4.99 Å². The van der Waals surface area contributed by atoms with E-state index in [2.05, 4.69) is 65.6 Å². The van der Waals surface area contributed by atoms with Gasteiger partial charge < -0.3 is 15.5 Å². The van der Waals surface area contributed by atoms with E-state index in [1.807, 2.05) is 6.08 Å². The third kappa shape index (κ3) is 6.71. The van der Waals surface area contributed by atoms with Gasteiger partial charge in [0, 0.05) is 18.0 Å². The smallest absolute Gasteiger partial charge is 0.191 e. The molecule has 0 aliphatic carbocycles. The number of hydrogen-bond acceptors (Lipinski definition) is 3. The Bertz CT molecular complexity index is 390. The fraction of sp³-hybridized carbons (Fsp3) is 0.500. The quantitative estimate of drug-likeness (QED) is 0.316. The van der Waals surface area contributed by atoms with Crippen molar-refractivity contribution in [2.75, 3.05) is 33.7 Å². The molecule has 0 spiro atoms. The number of nitrogens with one attached hydrogen (secondary N) is 2. The first-order valence-corrected chi connectivity index (χ1v) is 7.39. The Labute approximate surface area is 143 Å². The lowest BCUT2D eigenvalue weighted by Gasteiger charge is -2.22. The van der Waals surface area contributed by atoms with E-state index in [0.29, 0.717) is 6.04 Å². The van der Waals surface area contributed by atoms with Crippen molar-refractivity contribution in [1.82, 2.24) is 15.5 Å². The van der Waals surface area contributed by atoms with Crippen LogP contribution in [0.3, 0.4) is 0 Å². The molecule has 2 N–H and O–H groups in total. The molecule has 6 heteroatoms. The van der Waals surface area contributed by atoms with Gasteiger partial charge in [0.25, 0.3) is 0 Å². The monoisotopic (exact) mass is 408 g/mol. The number of nitrogens with zero attached hydrogens (tertiary/aromatic N) is 2. The van der Waals surface area contributed by atoms with Crippen LogP contribution in [-0.4, -0.2) is 44.6 Å². The molecule has 1 atom stereocenters. The van der Waals surface area contributed by atoms with Crippen LogP contribution in [0.5, 0.6) is 0 Å². The minimum atomic E-state index is 0. The van der Waals surface area contributed by atoms with Crippen LogP contribution in [0.1, 0.15) is 17.8 Å². The maximum Gasteiger partial charge on any atom is 0.191 e. The molecule has 0 saturated carbocycles. The van der Waals surface area contributed by atoms with E-state index in [9.17, 15) is 0 Å². The van der Waals surface area contributed by atoms with Crippen molar-refractivity contribution in [3.05, 3.63) is 35.0 Å². The Morgan fingerprint density at radius 1 is 1.50 bits per heavy atom. The third-order valence-corrected chi connectivity index (χ3v) is 3.65. The summed E-state index contributed by atoms with van der Waals surface area (Å²) in [6.45, 7) is 8.08. The first kappa shape index (κ1) is 19.4. The Morgan fingerprint density at radius 3 is 2.75 bits per heavy atom. The van der Waals surface area contributed by atoms with Crippen molar-refractivity contribution in [2.24, 2.45) is 4.99 Å². The summed E-state index contributed by atoms with van der Waals surface area (Å²) in [7, 11) is 4.17. The lowest BCUT2D eigenvalue weighted by Crippen LogP contribution is -2.38. The van der Waals surface area contributed by atoms with Crippen LogP contribution in [0.15, 0.2) is 35.2 Å². The molecule has 1 aromatic rings. The van der Waals surface area contributed by atoms with Gasteiger partial charge in [-0.05, 0) is 32.5 Å². The second-order valence-electron chi connectivity index (χ2n) is 4.38. The average Bonchev–Trinajstić information content (AvgIpc) is 2.89. The zero-order chi connectivity index (χ0) is 14.1. The number of hydrogen-bond donors (Lipinski definition) is 2. The van der Waals surface area contributed by atoms with E-state index in [-0.39, 0.29) is 24.0 Å². The molecule has 1 unspecified atom stereocenters. The van der Waals surface area contributed by atoms with E-state index in [4.69, 9.17) is 0 Å². The summed E-state index contributed by atoms with van der Waals surface area (Å²) in [5, 5.41) is 8.56. The van der Waals surface area contributed by atoms with E-state index < -0.39 is 0 Å². The van der Waals surface area contributed by atoms with E-state index in [1.165, 1.54) is 4.88 Å². The van der Waals surface area contributed by atoms with Gasteiger partial charge in [-0.1, -0.05) is 12.1 Å². The normalized spacial score (nSPS) is 12.7. The Hall–Kier alpha value is -0.600. The van der Waals surface area contributed by atoms with Crippen LogP contribution in [-0.2, 0) is 0 Å². The predicted molar refractivity (Wildman–Crippen MR) is 100 cm³/mol. The molecule has 0 amide bonds. The Morgan fingerprint density at radius 2 is 2.25 bits per heavy atom. The van der Waals surface area contributed by atoms with Crippen molar-refractivity contribution in [3.8, 4) is 0 Å². The van der Waals surface area contributed by atoms with Crippen molar-refractivity contribution in [1.29, 1.82) is 0 Å². The van der Waals surface area contributed by atoms with Gasteiger partial charge >= 0.3 is 0 Å². The second kappa shape index (κ2) is 11.1. The zero-order valence-corrected chi connectivity index (χ0v) is 15.6. The number of rotatable bonds is 7. The van der Waals surface area contributed by atoms with Crippen LogP contribution in [0.25, 0.3) is 0 Å². The first-order chi connectivity index (χ1) is 9.19. The molecule has 1 rings (SSSR count). The zero-order valence-electron chi connectivity index (χ0n) is 12.4. The standard InChI is InChI=1S/C14H24N4S.HI/c1-5-9-16-14(15-6-2)17-11-12(18(3)4)13-8-7-10-19-13;/h5,7-8,10,12H,1,6,9,11H2,2-4H3,(H2,15,16,17);1H. The van der Waals surface area contributed by atoms with Gasteiger partial charge in [-0.15, -0.1) is 41.9 Å². The predicted octanol–water partition coefficient (Wildman–Crippen LogP) is 2.71. The van der Waals surface area contributed by atoms with E-state index in [0.717, 1.165) is 25.6 Å². The molecule has 1 aromatic heterocycles. The van der Waals surface area contributed by atoms with Crippen LogP contribution in [0, 0.1) is 0 Å². The Balaban J connectivity index is 0.00000361. The van der Waals surface area contributed by atoms with Crippen LogP contribution in [0.4, 0.5) is 0 Å². The maximum atomic E-state index is 4.64. The average molecular weight is 408 g/mol. The third-order valence-electron chi connectivity index (χ3n) is 2.68. The highest BCUT2D eigenvalue weighted by molar-refractivity contribution is 14.0. The molecule has 114 valence electrons. The lowest BCUT2D eigenvalue weighted by molar-refractivity contribution is 0.310. The van der Waals surface area contributed by atoms with Crippen molar-refractivity contribution < 1.29 is 0 Å². The summed E-state index contributed by atoms with van der Waals surface area (Å²) in [5.74, 6) is 0.839. The summed E-state index contributed by atoms with van der Waals surface area (Å²) in [5.41, 5.74) is 0. The van der Waals surface area contributed by atoms with Crippen LogP contribution < -0.4 is 10.6 Å². The molecule has 0 radical (unpaired) electrons. The molecule has 0 fully saturated rings. The Kier molecular flexibility index (Phi) is 10.8. The largest absolute Gasteiger partial charge is 0.357 e. The van der Waals surface area contributed by atoms with Gasteiger partial charge in [0.05, 0.1) is 12.6 Å². The van der Waals surface area contributed by atoms with Gasteiger partial charge in [0.15, 0.2) is 5.96 Å². The lowest BCUT2D eigenvalue weighted by atomic mass is 10.2. The summed E-state index contributed by atoms with van der Waals surface area (Å²) < 4.78 is 0. The minimum Gasteiger partial charge on any atom is -0.357 e. The minimum absolute atomic E-state index is 0. The fourth-order valence-corrected chi connectivity index (χ4v) is 2.59. The van der Waals surface area contributed by atoms with E-state index in [1.54, 1.807) is 11.3 Å². The molecule has 0 aliphatic heterocycles. The highest BCUT2D eigenvalue weighted by Gasteiger charge is 2.14. The first-order valence-electron chi connectivity index (χ1n) is 6.52. The molecule has 0 aliphatic rings. The van der Waals surface area contributed by atoms with Gasteiger partial charge in [0.1, 0.15) is 0 Å². The second-order valence-corrected chi connectivity index (χ2v) is 5.36. The highest BCUT2D eigenvalue weighted by Crippen LogP contribution is 2.23. The van der Waals surface area contributed by atoms with Crippen molar-refractivity contribution >= 4 is 41.3 Å². The van der Waals surface area contributed by atoms with Crippen molar-refractivity contribution in [3.63, 3.8) is 0 Å². The SMILES string of the molecule is C=CCNC(=NCC(c1cccs1)N(C)C)NCC.I. The topological polar surface area (TPSA) is 39.7 Å². The number of thiophene rings is 1. The van der Waals surface area contributed by atoms with Gasteiger partial charge in [-0.25, -0.2) is 0 Å². The molecule has 0 saturated heterocycles. The van der Waals surface area contributed by atoms with E-state index >= 15 is 0 Å². The highest BCUT2D eigenvalue weighted by atomic mass is 127. The molecule has 1 heterocycles. The maximum absolute atomic E-state index is 4.64. The fourth-order valence-electron chi connectivity index (χ4n) is 1.68. The molecule has 20 heavy (non-hydrogen) atoms. The number of guanidine groups is 1. The molecule has 0 aromatic carbocycles. The summed E-state index contributed by atoms with van der Waals surface area (Å²) in [6, 6.07) is 4.57. The molecular weight excluding hydrogens is 383 g/mol. The number of halogens is 1. The molecule has 0 bridgehead atoms. The van der Waals surface area contributed by atoms with Crippen molar-refractivity contribution in [2.45, 2.75) is 13.0 Å². The summed E-state index contributed by atoms with van der Waals surface area (Å²) in [6.07, 6.45) is 1.83. The molecular formula is C14H25IN4S.